The molecule has 0 saturated carbocycles. The van der Waals surface area contributed by atoms with Crippen LogP contribution in [0.3, 0.4) is 0 Å². The van der Waals surface area contributed by atoms with Gasteiger partial charge in [-0.3, -0.25) is 4.79 Å². The van der Waals surface area contributed by atoms with Gasteiger partial charge >= 0.3 is 0 Å². The Morgan fingerprint density at radius 3 is 2.59 bits per heavy atom. The fourth-order valence-corrected chi connectivity index (χ4v) is 4.08. The molecule has 0 radical (unpaired) electrons. The number of para-hydroxylation sites is 2. The Bertz CT molecular complexity index is 1100. The molecule has 2 aliphatic rings. The maximum Gasteiger partial charge on any atom is 0.228 e. The second-order valence-electron chi connectivity index (χ2n) is 7.76. The van der Waals surface area contributed by atoms with Crippen molar-refractivity contribution in [3.05, 3.63) is 54.2 Å². The van der Waals surface area contributed by atoms with Crippen LogP contribution >= 0.6 is 0 Å². The predicted molar refractivity (Wildman–Crippen MR) is 118 cm³/mol. The highest BCUT2D eigenvalue weighted by Gasteiger charge is 2.24. The number of piperazine rings is 1. The third kappa shape index (κ3) is 4.08. The molecule has 2 aromatic carbocycles. The molecule has 1 saturated heterocycles. The first-order chi connectivity index (χ1) is 15.7. The molecule has 0 unspecified atom stereocenters. The standard InChI is InChI=1S/C24H25N3O5/c1-29-20-5-3-2-4-19(20)26-8-10-27(11-9-26)24(28)16-18-15-22(32-25-18)17-6-7-21-23(14-17)31-13-12-30-21/h2-7,14-15H,8-13,16H2,1H3. The van der Waals surface area contributed by atoms with Gasteiger partial charge in [0.15, 0.2) is 17.3 Å². The summed E-state index contributed by atoms with van der Waals surface area (Å²) in [6.07, 6.45) is 0.211. The Morgan fingerprint density at radius 2 is 1.78 bits per heavy atom. The molecule has 1 amide bonds. The van der Waals surface area contributed by atoms with Gasteiger partial charge in [0.25, 0.3) is 0 Å². The lowest BCUT2D eigenvalue weighted by atomic mass is 10.1. The van der Waals surface area contributed by atoms with E-state index in [9.17, 15) is 4.79 Å². The monoisotopic (exact) mass is 435 g/mol. The third-order valence-electron chi connectivity index (χ3n) is 5.78. The molecule has 0 aliphatic carbocycles. The van der Waals surface area contributed by atoms with Crippen LogP contribution in [-0.4, -0.2) is 62.5 Å². The first-order valence-electron chi connectivity index (χ1n) is 10.7. The number of rotatable bonds is 5. The summed E-state index contributed by atoms with van der Waals surface area (Å²) in [5.74, 6) is 2.91. The average molecular weight is 435 g/mol. The zero-order valence-corrected chi connectivity index (χ0v) is 18.0. The van der Waals surface area contributed by atoms with Crippen molar-refractivity contribution in [2.75, 3.05) is 51.4 Å². The number of hydrogen-bond donors (Lipinski definition) is 0. The highest BCUT2D eigenvalue weighted by molar-refractivity contribution is 5.79. The van der Waals surface area contributed by atoms with Gasteiger partial charge in [0.2, 0.25) is 5.91 Å². The third-order valence-corrected chi connectivity index (χ3v) is 5.78. The number of benzene rings is 2. The molecule has 8 heteroatoms. The zero-order chi connectivity index (χ0) is 21.9. The maximum atomic E-state index is 12.8. The van der Waals surface area contributed by atoms with Crippen LogP contribution in [0.4, 0.5) is 5.69 Å². The van der Waals surface area contributed by atoms with Gasteiger partial charge in [-0.1, -0.05) is 17.3 Å². The number of aromatic nitrogens is 1. The van der Waals surface area contributed by atoms with Crippen molar-refractivity contribution in [3.63, 3.8) is 0 Å². The summed E-state index contributed by atoms with van der Waals surface area (Å²) in [6.45, 7) is 3.90. The van der Waals surface area contributed by atoms with Crippen LogP contribution in [0.2, 0.25) is 0 Å². The van der Waals surface area contributed by atoms with E-state index in [0.717, 1.165) is 35.8 Å². The SMILES string of the molecule is COc1ccccc1N1CCN(C(=O)Cc2cc(-c3ccc4c(c3)OCCO4)on2)CC1. The van der Waals surface area contributed by atoms with Crippen molar-refractivity contribution in [3.8, 4) is 28.6 Å². The Morgan fingerprint density at radius 1 is 1.00 bits per heavy atom. The maximum absolute atomic E-state index is 12.8. The van der Waals surface area contributed by atoms with Gasteiger partial charge in [-0.25, -0.2) is 0 Å². The van der Waals surface area contributed by atoms with Crippen LogP contribution in [0.25, 0.3) is 11.3 Å². The summed E-state index contributed by atoms with van der Waals surface area (Å²) in [5.41, 5.74) is 2.51. The number of amides is 1. The summed E-state index contributed by atoms with van der Waals surface area (Å²) in [7, 11) is 1.68. The fourth-order valence-electron chi connectivity index (χ4n) is 4.08. The van der Waals surface area contributed by atoms with Crippen molar-refractivity contribution < 1.29 is 23.5 Å². The minimum atomic E-state index is 0.0479. The smallest absolute Gasteiger partial charge is 0.228 e. The Hall–Kier alpha value is -3.68. The van der Waals surface area contributed by atoms with Crippen LogP contribution in [-0.2, 0) is 11.2 Å². The van der Waals surface area contributed by atoms with E-state index in [-0.39, 0.29) is 12.3 Å². The van der Waals surface area contributed by atoms with E-state index < -0.39 is 0 Å². The summed E-state index contributed by atoms with van der Waals surface area (Å²) >= 11 is 0. The van der Waals surface area contributed by atoms with Gasteiger partial charge in [-0.05, 0) is 30.3 Å². The van der Waals surface area contributed by atoms with Gasteiger partial charge < -0.3 is 28.5 Å². The van der Waals surface area contributed by atoms with Crippen molar-refractivity contribution in [1.29, 1.82) is 0 Å². The molecule has 0 bridgehead atoms. The second kappa shape index (κ2) is 8.82. The lowest BCUT2D eigenvalue weighted by molar-refractivity contribution is -0.130. The molecule has 166 valence electrons. The number of hydrogen-bond acceptors (Lipinski definition) is 7. The van der Waals surface area contributed by atoms with Crippen molar-refractivity contribution >= 4 is 11.6 Å². The normalized spacial score (nSPS) is 15.5. The Labute approximate surface area is 186 Å². The van der Waals surface area contributed by atoms with E-state index in [0.29, 0.717) is 43.5 Å². The molecular formula is C24H25N3O5. The van der Waals surface area contributed by atoms with E-state index >= 15 is 0 Å². The fraction of sp³-hybridized carbons (Fsp3) is 0.333. The predicted octanol–water partition coefficient (Wildman–Crippen LogP) is 3.01. The Balaban J connectivity index is 1.20. The number of carbonyl (C=O) groups excluding carboxylic acids is 1. The van der Waals surface area contributed by atoms with Crippen LogP contribution in [0.15, 0.2) is 53.1 Å². The van der Waals surface area contributed by atoms with E-state index in [2.05, 4.69) is 10.1 Å². The topological polar surface area (TPSA) is 77.3 Å². The summed E-state index contributed by atoms with van der Waals surface area (Å²) in [5, 5.41) is 4.10. The van der Waals surface area contributed by atoms with Gasteiger partial charge in [-0.15, -0.1) is 0 Å². The molecule has 5 rings (SSSR count). The first-order valence-corrected chi connectivity index (χ1v) is 10.7. The molecule has 1 fully saturated rings. The highest BCUT2D eigenvalue weighted by atomic mass is 16.6. The number of nitrogens with zero attached hydrogens (tertiary/aromatic N) is 3. The largest absolute Gasteiger partial charge is 0.495 e. The molecule has 2 aliphatic heterocycles. The van der Waals surface area contributed by atoms with Gasteiger partial charge in [-0.2, -0.15) is 0 Å². The highest BCUT2D eigenvalue weighted by Crippen LogP contribution is 2.35. The minimum absolute atomic E-state index is 0.0479. The van der Waals surface area contributed by atoms with E-state index in [1.807, 2.05) is 53.4 Å². The zero-order valence-electron chi connectivity index (χ0n) is 18.0. The van der Waals surface area contributed by atoms with E-state index in [1.165, 1.54) is 0 Å². The van der Waals surface area contributed by atoms with Gasteiger partial charge in [0, 0.05) is 37.8 Å². The number of ether oxygens (including phenoxy) is 3. The van der Waals surface area contributed by atoms with Crippen LogP contribution in [0.1, 0.15) is 5.69 Å². The molecule has 3 heterocycles. The Kier molecular flexibility index (Phi) is 5.58. The van der Waals surface area contributed by atoms with E-state index in [4.69, 9.17) is 18.7 Å². The molecule has 0 spiro atoms. The molecule has 0 atom stereocenters. The van der Waals surface area contributed by atoms with Crippen LogP contribution < -0.4 is 19.1 Å². The van der Waals surface area contributed by atoms with Crippen molar-refractivity contribution in [2.45, 2.75) is 6.42 Å². The molecule has 3 aromatic rings. The number of anilines is 1. The number of fused-ring (bicyclic) bond motifs is 1. The molecule has 1 aromatic heterocycles. The first kappa shape index (κ1) is 20.2. The molecule has 0 N–H and O–H groups in total. The van der Waals surface area contributed by atoms with Crippen molar-refractivity contribution in [1.82, 2.24) is 10.1 Å². The van der Waals surface area contributed by atoms with Gasteiger partial charge in [0.05, 0.1) is 24.9 Å². The van der Waals surface area contributed by atoms with Crippen LogP contribution in [0, 0.1) is 0 Å². The summed E-state index contributed by atoms with van der Waals surface area (Å²) in [6, 6.07) is 15.4. The minimum Gasteiger partial charge on any atom is -0.495 e. The summed E-state index contributed by atoms with van der Waals surface area (Å²) < 4.78 is 22.1. The van der Waals surface area contributed by atoms with Crippen molar-refractivity contribution in [2.24, 2.45) is 0 Å². The molecular weight excluding hydrogens is 410 g/mol. The molecule has 8 nitrogen and oxygen atoms in total. The number of methoxy groups -OCH3 is 1. The van der Waals surface area contributed by atoms with E-state index in [1.54, 1.807) is 7.11 Å². The average Bonchev–Trinajstić information content (AvgIpc) is 3.32. The second-order valence-corrected chi connectivity index (χ2v) is 7.76. The lowest BCUT2D eigenvalue weighted by Crippen LogP contribution is -2.49. The quantitative estimate of drug-likeness (QED) is 0.610. The summed E-state index contributed by atoms with van der Waals surface area (Å²) in [4.78, 5) is 17.0. The molecule has 32 heavy (non-hydrogen) atoms. The lowest BCUT2D eigenvalue weighted by Gasteiger charge is -2.36. The van der Waals surface area contributed by atoms with Gasteiger partial charge in [0.1, 0.15) is 19.0 Å². The number of carbonyl (C=O) groups is 1. The van der Waals surface area contributed by atoms with Crippen LogP contribution in [0.5, 0.6) is 17.2 Å².